The Labute approximate surface area is 280 Å². The molecule has 2 unspecified atom stereocenters. The second-order valence-electron chi connectivity index (χ2n) is 10.6. The zero-order valence-corrected chi connectivity index (χ0v) is 26.9. The number of aryl methyl sites for hydroxylation is 1. The van der Waals surface area contributed by atoms with Gasteiger partial charge in [0.15, 0.2) is 15.8 Å². The van der Waals surface area contributed by atoms with Crippen LogP contribution in [0.3, 0.4) is 0 Å². The summed E-state index contributed by atoms with van der Waals surface area (Å²) < 4.78 is 88.5. The van der Waals surface area contributed by atoms with Crippen LogP contribution in [0.5, 0.6) is 0 Å². The Morgan fingerprint density at radius 1 is 0.920 bits per heavy atom. The van der Waals surface area contributed by atoms with Gasteiger partial charge >= 0.3 is 24.3 Å². The van der Waals surface area contributed by atoms with Crippen LogP contribution in [0.4, 0.5) is 38.1 Å². The molecule has 0 radical (unpaired) electrons. The highest BCUT2D eigenvalue weighted by molar-refractivity contribution is 7.91. The van der Waals surface area contributed by atoms with E-state index in [0.29, 0.717) is 11.3 Å². The molecule has 0 saturated heterocycles. The van der Waals surface area contributed by atoms with E-state index in [9.17, 15) is 39.6 Å². The molecule has 21 heteroatoms. The van der Waals surface area contributed by atoms with Crippen molar-refractivity contribution in [3.63, 3.8) is 0 Å². The molecule has 1 heterocycles. The molecule has 8 N–H and O–H groups in total. The summed E-state index contributed by atoms with van der Waals surface area (Å²) in [7, 11) is -3.58. The quantitative estimate of drug-likeness (QED) is 0.109. The number of nitrogens with zero attached hydrogens (tertiary/aromatic N) is 3. The predicted octanol–water partition coefficient (Wildman–Crippen LogP) is 4.00. The predicted molar refractivity (Wildman–Crippen MR) is 169 cm³/mol. The Morgan fingerprint density at radius 3 is 2.02 bits per heavy atom. The second-order valence-corrected chi connectivity index (χ2v) is 12.7. The Hall–Kier alpha value is -5.21. The van der Waals surface area contributed by atoms with Gasteiger partial charge in [-0.25, -0.2) is 28.0 Å². The molecule has 1 aliphatic rings. The van der Waals surface area contributed by atoms with Crippen molar-refractivity contribution in [1.82, 2.24) is 9.97 Å². The normalized spacial score (nSPS) is 16.1. The third-order valence-electron chi connectivity index (χ3n) is 6.65. The van der Waals surface area contributed by atoms with Crippen LogP contribution in [0, 0.1) is 6.92 Å². The minimum Gasteiger partial charge on any atom is -0.475 e. The van der Waals surface area contributed by atoms with Gasteiger partial charge in [0, 0.05) is 11.8 Å². The number of hydrogen-bond acceptors (Lipinski definition) is 9. The summed E-state index contributed by atoms with van der Waals surface area (Å²) in [5.41, 5.74) is 13.0. The van der Waals surface area contributed by atoms with Crippen LogP contribution in [0.2, 0.25) is 0 Å². The number of carbonyl (C=O) groups excluding carboxylic acids is 1. The number of aliphatic carboxylic acids is 2. The molecule has 50 heavy (non-hydrogen) atoms. The molecule has 1 amide bonds. The molecule has 1 fully saturated rings. The third-order valence-corrected chi connectivity index (χ3v) is 8.39. The highest BCUT2D eigenvalue weighted by atomic mass is 32.2. The van der Waals surface area contributed by atoms with Gasteiger partial charge in [-0.2, -0.15) is 31.3 Å². The van der Waals surface area contributed by atoms with Gasteiger partial charge in [0.25, 0.3) is 0 Å². The van der Waals surface area contributed by atoms with Crippen LogP contribution in [0.1, 0.15) is 37.7 Å². The summed E-state index contributed by atoms with van der Waals surface area (Å²) in [5.74, 6) is -5.59. The molecule has 0 spiro atoms. The molecule has 14 nitrogen and oxygen atoms in total. The number of sulfone groups is 1. The standard InChI is InChI=1S/C25H31N7O3S.2C2HF3O2/c1-16-11-12-19-18(15-16)23(28-20-9-5-6-10-21(20)29-24(26)27)32-25(30-19)31-22(33)13-14-36(34,35)17-7-3-2-4-8-17;2*3-2(4,5)1(6)7/h2-4,7-8,11-12,15,20-21H,5-6,9-10,13-14H2,1H3,(H4,26,27,29)(H2,28,30,31,32,33);2*(H,6,7). The van der Waals surface area contributed by atoms with Gasteiger partial charge in [-0.1, -0.05) is 42.7 Å². The van der Waals surface area contributed by atoms with Gasteiger partial charge in [-0.3, -0.25) is 10.1 Å². The highest BCUT2D eigenvalue weighted by Gasteiger charge is 2.39. The number of nitrogens with two attached hydrogens (primary N) is 2. The van der Waals surface area contributed by atoms with Crippen molar-refractivity contribution in [1.29, 1.82) is 0 Å². The fourth-order valence-corrected chi connectivity index (χ4v) is 5.63. The van der Waals surface area contributed by atoms with Crippen LogP contribution in [-0.4, -0.2) is 82.6 Å². The number of benzene rings is 2. The average molecular weight is 738 g/mol. The molecule has 1 saturated carbocycles. The van der Waals surface area contributed by atoms with Gasteiger partial charge in [0.05, 0.1) is 28.2 Å². The molecule has 2 aromatic carbocycles. The summed E-state index contributed by atoms with van der Waals surface area (Å²) in [4.78, 5) is 44.1. The lowest BCUT2D eigenvalue weighted by atomic mass is 9.90. The van der Waals surface area contributed by atoms with Crippen molar-refractivity contribution in [2.24, 2.45) is 16.5 Å². The number of hydrogen-bond donors (Lipinski definition) is 6. The first-order valence-electron chi connectivity index (χ1n) is 14.4. The fourth-order valence-electron chi connectivity index (χ4n) is 4.37. The fraction of sp³-hybridized carbons (Fsp3) is 0.379. The van der Waals surface area contributed by atoms with Gasteiger partial charge in [-0.15, -0.1) is 0 Å². The molecule has 2 atom stereocenters. The van der Waals surface area contributed by atoms with Crippen molar-refractivity contribution in [3.05, 3.63) is 54.1 Å². The molecule has 4 rings (SSSR count). The van der Waals surface area contributed by atoms with E-state index in [0.717, 1.165) is 36.6 Å². The Kier molecular flexibility index (Phi) is 14.3. The van der Waals surface area contributed by atoms with Crippen LogP contribution in [-0.2, 0) is 24.2 Å². The number of alkyl halides is 6. The lowest BCUT2D eigenvalue weighted by Gasteiger charge is -2.30. The number of aliphatic imine (C=N–C) groups is 1. The van der Waals surface area contributed by atoms with Crippen LogP contribution in [0.15, 0.2) is 58.4 Å². The number of halogens is 6. The van der Waals surface area contributed by atoms with Crippen LogP contribution >= 0.6 is 0 Å². The molecule has 0 bridgehead atoms. The first-order chi connectivity index (χ1) is 23.1. The molecular formula is C29H33F6N7O7S. The number of rotatable bonds is 8. The molecule has 3 aromatic rings. The zero-order chi connectivity index (χ0) is 37.9. The van der Waals surface area contributed by atoms with E-state index >= 15 is 0 Å². The van der Waals surface area contributed by atoms with E-state index in [-0.39, 0.29) is 41.1 Å². The second kappa shape index (κ2) is 17.4. The number of aromatic nitrogens is 2. The third kappa shape index (κ3) is 13.4. The maximum absolute atomic E-state index is 12.6. The molecular weight excluding hydrogens is 704 g/mol. The van der Waals surface area contributed by atoms with Crippen molar-refractivity contribution >= 4 is 56.3 Å². The first kappa shape index (κ1) is 41.0. The van der Waals surface area contributed by atoms with Gasteiger partial charge in [-0.05, 0) is 44.0 Å². The van der Waals surface area contributed by atoms with Crippen molar-refractivity contribution in [2.75, 3.05) is 16.4 Å². The number of guanidine groups is 1. The number of anilines is 2. The lowest BCUT2D eigenvalue weighted by Crippen LogP contribution is -2.38. The number of fused-ring (bicyclic) bond motifs is 1. The van der Waals surface area contributed by atoms with Crippen LogP contribution in [0.25, 0.3) is 10.9 Å². The van der Waals surface area contributed by atoms with E-state index in [1.165, 1.54) is 12.1 Å². The van der Waals surface area contributed by atoms with E-state index in [1.807, 2.05) is 25.1 Å². The van der Waals surface area contributed by atoms with Crippen molar-refractivity contribution in [2.45, 2.75) is 68.4 Å². The largest absolute Gasteiger partial charge is 0.490 e. The maximum Gasteiger partial charge on any atom is 0.490 e. The summed E-state index contributed by atoms with van der Waals surface area (Å²) >= 11 is 0. The topological polar surface area (TPSA) is 240 Å². The Bertz CT molecular complexity index is 1760. The van der Waals surface area contributed by atoms with E-state index < -0.39 is 40.0 Å². The lowest BCUT2D eigenvalue weighted by molar-refractivity contribution is -0.193. The smallest absolute Gasteiger partial charge is 0.475 e. The SMILES string of the molecule is Cc1ccc2nc(NC(=O)CCS(=O)(=O)c3ccccc3)nc(NC3CCCCC3N=C(N)N)c2c1.O=C(O)C(F)(F)F.O=C(O)C(F)(F)F. The number of amides is 1. The first-order valence-corrected chi connectivity index (χ1v) is 16.1. The maximum atomic E-state index is 12.6. The highest BCUT2D eigenvalue weighted by Crippen LogP contribution is 2.29. The van der Waals surface area contributed by atoms with Crippen molar-refractivity contribution < 1.29 is 59.4 Å². The Balaban J connectivity index is 0.000000521. The van der Waals surface area contributed by atoms with Gasteiger partial charge in [0.2, 0.25) is 11.9 Å². The summed E-state index contributed by atoms with van der Waals surface area (Å²) in [6.07, 6.45) is -6.58. The number of carbonyl (C=O) groups is 3. The van der Waals surface area contributed by atoms with Gasteiger partial charge < -0.3 is 27.0 Å². The van der Waals surface area contributed by atoms with E-state index in [2.05, 4.69) is 25.6 Å². The van der Waals surface area contributed by atoms with E-state index in [1.54, 1.807) is 18.2 Å². The minimum atomic E-state index is -5.08. The minimum absolute atomic E-state index is 0.0287. The number of nitrogens with one attached hydrogen (secondary N) is 2. The number of carboxylic acid groups (broad SMARTS) is 2. The van der Waals surface area contributed by atoms with E-state index in [4.69, 9.17) is 31.3 Å². The summed E-state index contributed by atoms with van der Waals surface area (Å²) in [5, 5.41) is 21.2. The molecule has 274 valence electrons. The van der Waals surface area contributed by atoms with Gasteiger partial charge in [0.1, 0.15) is 5.82 Å². The monoisotopic (exact) mass is 737 g/mol. The zero-order valence-electron chi connectivity index (χ0n) is 26.1. The van der Waals surface area contributed by atoms with Crippen molar-refractivity contribution in [3.8, 4) is 0 Å². The summed E-state index contributed by atoms with van der Waals surface area (Å²) in [6.45, 7) is 1.98. The summed E-state index contributed by atoms with van der Waals surface area (Å²) in [6, 6.07) is 13.7. The average Bonchev–Trinajstić information content (AvgIpc) is 3.01. The molecule has 0 aliphatic heterocycles. The molecule has 1 aliphatic carbocycles. The Morgan fingerprint density at radius 2 is 1.48 bits per heavy atom. The van der Waals surface area contributed by atoms with Crippen LogP contribution < -0.4 is 22.1 Å². The molecule has 1 aromatic heterocycles. The number of carboxylic acids is 2.